The summed E-state index contributed by atoms with van der Waals surface area (Å²) < 4.78 is 14.5. The fourth-order valence-corrected chi connectivity index (χ4v) is 2.34. The summed E-state index contributed by atoms with van der Waals surface area (Å²) in [5, 5.41) is 0. The van der Waals surface area contributed by atoms with E-state index in [1.54, 1.807) is 59.8 Å². The van der Waals surface area contributed by atoms with E-state index in [0.29, 0.717) is 5.56 Å². The molecular formula is C22H21NO6. The molecule has 0 atom stereocenters. The van der Waals surface area contributed by atoms with E-state index in [9.17, 15) is 14.4 Å². The first-order chi connectivity index (χ1) is 14.0. The van der Waals surface area contributed by atoms with Crippen molar-refractivity contribution in [2.24, 2.45) is 5.92 Å². The van der Waals surface area contributed by atoms with Crippen LogP contribution in [0.15, 0.2) is 79.5 Å². The molecule has 1 heterocycles. The molecule has 150 valence electrons. The quantitative estimate of drug-likeness (QED) is 0.303. The van der Waals surface area contributed by atoms with E-state index in [4.69, 9.17) is 9.47 Å². The molecule has 1 aliphatic rings. The van der Waals surface area contributed by atoms with E-state index in [-0.39, 0.29) is 5.57 Å². The molecule has 1 aliphatic heterocycles. The van der Waals surface area contributed by atoms with Crippen LogP contribution in [-0.4, -0.2) is 37.0 Å². The predicted molar refractivity (Wildman–Crippen MR) is 107 cm³/mol. The number of ether oxygens (including phenoxy) is 3. The van der Waals surface area contributed by atoms with Crippen LogP contribution in [0.4, 0.5) is 0 Å². The zero-order valence-corrected chi connectivity index (χ0v) is 16.1. The minimum atomic E-state index is -0.627. The maximum Gasteiger partial charge on any atom is 0.342 e. The van der Waals surface area contributed by atoms with Crippen molar-refractivity contribution < 1.29 is 28.6 Å². The zero-order valence-electron chi connectivity index (χ0n) is 16.1. The molecule has 7 heteroatoms. The molecule has 1 aromatic rings. The summed E-state index contributed by atoms with van der Waals surface area (Å²) in [6, 6.07) is 6.68. The largest absolute Gasteiger partial charge is 0.466 e. The third-order valence-corrected chi connectivity index (χ3v) is 3.97. The summed E-state index contributed by atoms with van der Waals surface area (Å²) in [5.41, 5.74) is 1.35. The number of esters is 3. The van der Waals surface area contributed by atoms with Gasteiger partial charge in [0.25, 0.3) is 0 Å². The highest BCUT2D eigenvalue weighted by atomic mass is 16.5. The standard InChI is InChI=1S/C22H21NO6/c1-4-16-5-7-18(8-6-16)21(25)29-15-19(22(26)28-3)17-9-12-23(13-10-17)14-11-20(24)27-2/h4-15,17H,1H2,2-3H3/b14-11+,19-15+. The Hall–Kier alpha value is -3.87. The minimum absolute atomic E-state index is 0.146. The van der Waals surface area contributed by atoms with Gasteiger partial charge in [-0.1, -0.05) is 36.9 Å². The highest BCUT2D eigenvalue weighted by Crippen LogP contribution is 2.21. The fourth-order valence-electron chi connectivity index (χ4n) is 2.34. The molecule has 0 bridgehead atoms. The van der Waals surface area contributed by atoms with Crippen LogP contribution >= 0.6 is 0 Å². The SMILES string of the molecule is C=Cc1ccc(C(=O)O/C=C(/C(=O)OC)C2C=CN(/C=C/C(=O)OC)C=C2)cc1. The number of benzene rings is 1. The van der Waals surface area contributed by atoms with Gasteiger partial charge in [0, 0.05) is 30.6 Å². The molecule has 0 radical (unpaired) electrons. The smallest absolute Gasteiger partial charge is 0.342 e. The van der Waals surface area contributed by atoms with Crippen LogP contribution in [0.25, 0.3) is 6.08 Å². The minimum Gasteiger partial charge on any atom is -0.466 e. The number of allylic oxidation sites excluding steroid dienone is 2. The van der Waals surface area contributed by atoms with Gasteiger partial charge >= 0.3 is 17.9 Å². The van der Waals surface area contributed by atoms with Crippen LogP contribution in [0.1, 0.15) is 15.9 Å². The maximum atomic E-state index is 12.2. The van der Waals surface area contributed by atoms with Crippen molar-refractivity contribution in [2.45, 2.75) is 0 Å². The summed E-state index contributed by atoms with van der Waals surface area (Å²) >= 11 is 0. The van der Waals surface area contributed by atoms with Gasteiger partial charge in [-0.05, 0) is 17.7 Å². The van der Waals surface area contributed by atoms with E-state index in [1.165, 1.54) is 26.5 Å². The van der Waals surface area contributed by atoms with Crippen molar-refractivity contribution in [3.8, 4) is 0 Å². The summed E-state index contributed by atoms with van der Waals surface area (Å²) in [6.45, 7) is 3.65. The zero-order chi connectivity index (χ0) is 21.2. The van der Waals surface area contributed by atoms with Crippen LogP contribution in [0, 0.1) is 5.92 Å². The molecule has 0 saturated carbocycles. The number of hydrogen-bond donors (Lipinski definition) is 0. The van der Waals surface area contributed by atoms with Gasteiger partial charge in [0.2, 0.25) is 0 Å². The third kappa shape index (κ3) is 6.07. The Morgan fingerprint density at radius 1 is 1.03 bits per heavy atom. The van der Waals surface area contributed by atoms with Crippen LogP contribution in [0.5, 0.6) is 0 Å². The van der Waals surface area contributed by atoms with Crippen molar-refractivity contribution in [1.82, 2.24) is 4.90 Å². The Morgan fingerprint density at radius 3 is 2.24 bits per heavy atom. The first kappa shape index (κ1) is 21.4. The Bertz CT molecular complexity index is 878. The fraction of sp³-hybridized carbons (Fsp3) is 0.136. The van der Waals surface area contributed by atoms with Crippen molar-refractivity contribution in [3.63, 3.8) is 0 Å². The molecule has 0 spiro atoms. The number of hydrogen-bond acceptors (Lipinski definition) is 7. The van der Waals surface area contributed by atoms with Gasteiger partial charge in [-0.15, -0.1) is 0 Å². The topological polar surface area (TPSA) is 82.1 Å². The molecule has 0 N–H and O–H groups in total. The van der Waals surface area contributed by atoms with E-state index in [1.807, 2.05) is 0 Å². The first-order valence-corrected chi connectivity index (χ1v) is 8.60. The number of rotatable bonds is 7. The van der Waals surface area contributed by atoms with Gasteiger partial charge in [-0.25, -0.2) is 14.4 Å². The summed E-state index contributed by atoms with van der Waals surface area (Å²) in [7, 11) is 2.53. The summed E-state index contributed by atoms with van der Waals surface area (Å²) in [6.07, 6.45) is 12.2. The Morgan fingerprint density at radius 2 is 1.69 bits per heavy atom. The van der Waals surface area contributed by atoms with E-state index >= 15 is 0 Å². The highest BCUT2D eigenvalue weighted by Gasteiger charge is 2.21. The second-order valence-electron chi connectivity index (χ2n) is 5.79. The van der Waals surface area contributed by atoms with E-state index < -0.39 is 23.8 Å². The summed E-state index contributed by atoms with van der Waals surface area (Å²) in [5.74, 6) is -2.19. The van der Waals surface area contributed by atoms with Crippen molar-refractivity contribution in [3.05, 3.63) is 90.6 Å². The lowest BCUT2D eigenvalue weighted by Crippen LogP contribution is -2.17. The molecule has 0 amide bonds. The Kier molecular flexibility index (Phi) is 7.73. The average Bonchev–Trinajstić information content (AvgIpc) is 2.77. The molecule has 0 fully saturated rings. The molecule has 0 unspecified atom stereocenters. The Labute approximate surface area is 168 Å². The van der Waals surface area contributed by atoms with Crippen LogP contribution < -0.4 is 0 Å². The molecule has 1 aromatic carbocycles. The number of carbonyl (C=O) groups excluding carboxylic acids is 3. The van der Waals surface area contributed by atoms with Crippen LogP contribution in [0.3, 0.4) is 0 Å². The highest BCUT2D eigenvalue weighted by molar-refractivity contribution is 5.92. The monoisotopic (exact) mass is 395 g/mol. The van der Waals surface area contributed by atoms with E-state index in [0.717, 1.165) is 11.8 Å². The van der Waals surface area contributed by atoms with Gasteiger partial charge in [0.15, 0.2) is 0 Å². The molecule has 0 saturated heterocycles. The lowest BCUT2D eigenvalue weighted by atomic mass is 9.98. The van der Waals surface area contributed by atoms with Crippen molar-refractivity contribution >= 4 is 24.0 Å². The van der Waals surface area contributed by atoms with Gasteiger partial charge in [0.05, 0.1) is 25.4 Å². The van der Waals surface area contributed by atoms with Crippen molar-refractivity contribution in [1.29, 1.82) is 0 Å². The molecule has 0 aromatic heterocycles. The number of carbonyl (C=O) groups is 3. The second-order valence-corrected chi connectivity index (χ2v) is 5.79. The second kappa shape index (κ2) is 10.5. The molecule has 2 rings (SSSR count). The van der Waals surface area contributed by atoms with Gasteiger partial charge in [0.1, 0.15) is 6.26 Å². The van der Waals surface area contributed by atoms with Gasteiger partial charge in [-0.3, -0.25) is 0 Å². The van der Waals surface area contributed by atoms with Crippen LogP contribution in [-0.2, 0) is 23.8 Å². The van der Waals surface area contributed by atoms with Crippen molar-refractivity contribution in [2.75, 3.05) is 14.2 Å². The Balaban J connectivity index is 2.11. The summed E-state index contributed by atoms with van der Waals surface area (Å²) in [4.78, 5) is 37.1. The number of methoxy groups -OCH3 is 2. The van der Waals surface area contributed by atoms with Gasteiger partial charge < -0.3 is 19.1 Å². The molecule has 0 aliphatic carbocycles. The molecular weight excluding hydrogens is 374 g/mol. The predicted octanol–water partition coefficient (Wildman–Crippen LogP) is 3.19. The normalized spacial score (nSPS) is 14.0. The van der Waals surface area contributed by atoms with Gasteiger partial charge in [-0.2, -0.15) is 0 Å². The van der Waals surface area contributed by atoms with Crippen LogP contribution in [0.2, 0.25) is 0 Å². The maximum absolute atomic E-state index is 12.2. The number of nitrogens with zero attached hydrogens (tertiary/aromatic N) is 1. The van der Waals surface area contributed by atoms with E-state index in [2.05, 4.69) is 11.3 Å². The lowest BCUT2D eigenvalue weighted by molar-refractivity contribution is -0.136. The molecule has 29 heavy (non-hydrogen) atoms. The third-order valence-electron chi connectivity index (χ3n) is 3.97. The first-order valence-electron chi connectivity index (χ1n) is 8.60. The molecule has 7 nitrogen and oxygen atoms in total. The lowest BCUT2D eigenvalue weighted by Gasteiger charge is -2.19. The average molecular weight is 395 g/mol.